The van der Waals surface area contributed by atoms with Crippen LogP contribution in [0.5, 0.6) is 5.75 Å². The Bertz CT molecular complexity index is 462. The van der Waals surface area contributed by atoms with Crippen LogP contribution >= 0.6 is 0 Å². The third-order valence-electron chi connectivity index (χ3n) is 3.85. The molecule has 5 heteroatoms. The highest BCUT2D eigenvalue weighted by molar-refractivity contribution is 5.62. The normalized spacial score (nSPS) is 22.8. The molecule has 0 aliphatic heterocycles. The van der Waals surface area contributed by atoms with Crippen LogP contribution in [0.2, 0.25) is 0 Å². The van der Waals surface area contributed by atoms with Gasteiger partial charge in [-0.25, -0.2) is 0 Å². The average Bonchev–Trinajstić information content (AvgIpc) is 2.41. The van der Waals surface area contributed by atoms with Crippen molar-refractivity contribution < 1.29 is 9.66 Å². The second kappa shape index (κ2) is 5.91. The van der Waals surface area contributed by atoms with Crippen molar-refractivity contribution in [3.05, 3.63) is 28.3 Å². The molecule has 1 aliphatic rings. The van der Waals surface area contributed by atoms with E-state index in [4.69, 9.17) is 4.74 Å². The van der Waals surface area contributed by atoms with Crippen LogP contribution in [0.4, 0.5) is 11.4 Å². The summed E-state index contributed by atoms with van der Waals surface area (Å²) in [6, 6.07) is 5.03. The van der Waals surface area contributed by atoms with Gasteiger partial charge in [0, 0.05) is 18.2 Å². The molecule has 1 N–H and O–H groups in total. The summed E-state index contributed by atoms with van der Waals surface area (Å²) in [5.74, 6) is 1.24. The third kappa shape index (κ3) is 3.16. The molecule has 1 aliphatic carbocycles. The molecule has 0 heterocycles. The van der Waals surface area contributed by atoms with E-state index in [2.05, 4.69) is 12.2 Å². The second-order valence-corrected chi connectivity index (χ2v) is 5.15. The number of hydrogen-bond acceptors (Lipinski definition) is 4. The fourth-order valence-corrected chi connectivity index (χ4v) is 2.65. The molecule has 1 saturated carbocycles. The molecular formula is C14H20N2O3. The number of nitro benzene ring substituents is 1. The molecule has 0 spiro atoms. The van der Waals surface area contributed by atoms with E-state index < -0.39 is 0 Å². The van der Waals surface area contributed by atoms with E-state index in [1.54, 1.807) is 19.2 Å². The minimum atomic E-state index is -0.380. The molecule has 5 nitrogen and oxygen atoms in total. The van der Waals surface area contributed by atoms with Crippen molar-refractivity contribution in [1.82, 2.24) is 0 Å². The van der Waals surface area contributed by atoms with Gasteiger partial charge in [0.05, 0.1) is 17.7 Å². The molecule has 0 bridgehead atoms. The Labute approximate surface area is 113 Å². The van der Waals surface area contributed by atoms with Crippen LogP contribution in [0, 0.1) is 16.0 Å². The smallest absolute Gasteiger partial charge is 0.271 e. The van der Waals surface area contributed by atoms with E-state index in [0.29, 0.717) is 17.7 Å². The Morgan fingerprint density at radius 2 is 2.11 bits per heavy atom. The highest BCUT2D eigenvalue weighted by Crippen LogP contribution is 2.33. The Kier molecular flexibility index (Phi) is 4.24. The lowest BCUT2D eigenvalue weighted by Gasteiger charge is -2.30. The number of benzene rings is 1. The maximum absolute atomic E-state index is 10.8. The molecule has 19 heavy (non-hydrogen) atoms. The maximum atomic E-state index is 10.8. The standard InChI is InChI=1S/C14H20N2O3/c1-10-5-3-4-6-12(10)15-13-9-11(16(17)18)7-8-14(13)19-2/h7-10,12,15H,3-6H2,1-2H3/t10-,12-/m1/s1. The summed E-state index contributed by atoms with van der Waals surface area (Å²) in [5.41, 5.74) is 0.808. The average molecular weight is 264 g/mol. The molecule has 0 unspecified atom stereocenters. The van der Waals surface area contributed by atoms with Gasteiger partial charge in [-0.1, -0.05) is 19.8 Å². The van der Waals surface area contributed by atoms with E-state index in [0.717, 1.165) is 12.1 Å². The Balaban J connectivity index is 2.21. The molecule has 1 aromatic rings. The molecular weight excluding hydrogens is 244 g/mol. The highest BCUT2D eigenvalue weighted by Gasteiger charge is 2.22. The van der Waals surface area contributed by atoms with Crippen molar-refractivity contribution in [2.45, 2.75) is 38.6 Å². The number of nitrogens with zero attached hydrogens (tertiary/aromatic N) is 1. The Morgan fingerprint density at radius 3 is 2.74 bits per heavy atom. The minimum Gasteiger partial charge on any atom is -0.495 e. The van der Waals surface area contributed by atoms with Gasteiger partial charge in [0.15, 0.2) is 0 Å². The van der Waals surface area contributed by atoms with Gasteiger partial charge in [0.1, 0.15) is 5.75 Å². The molecule has 2 rings (SSSR count). The monoisotopic (exact) mass is 264 g/mol. The van der Waals surface area contributed by atoms with Crippen LogP contribution in [-0.4, -0.2) is 18.1 Å². The van der Waals surface area contributed by atoms with Crippen LogP contribution in [-0.2, 0) is 0 Å². The summed E-state index contributed by atoms with van der Waals surface area (Å²) >= 11 is 0. The Morgan fingerprint density at radius 1 is 1.37 bits per heavy atom. The highest BCUT2D eigenvalue weighted by atomic mass is 16.6. The fraction of sp³-hybridized carbons (Fsp3) is 0.571. The number of methoxy groups -OCH3 is 1. The molecule has 0 saturated heterocycles. The molecule has 1 aromatic carbocycles. The van der Waals surface area contributed by atoms with Crippen LogP contribution in [0.3, 0.4) is 0 Å². The first-order valence-corrected chi connectivity index (χ1v) is 6.71. The first-order chi connectivity index (χ1) is 9.11. The van der Waals surface area contributed by atoms with Crippen molar-refractivity contribution in [3.63, 3.8) is 0 Å². The summed E-state index contributed by atoms with van der Waals surface area (Å²) in [7, 11) is 1.58. The zero-order valence-electron chi connectivity index (χ0n) is 11.4. The zero-order valence-corrected chi connectivity index (χ0v) is 11.4. The minimum absolute atomic E-state index is 0.0896. The van der Waals surface area contributed by atoms with Gasteiger partial charge in [-0.2, -0.15) is 0 Å². The van der Waals surface area contributed by atoms with Gasteiger partial charge >= 0.3 is 0 Å². The fourth-order valence-electron chi connectivity index (χ4n) is 2.65. The molecule has 0 radical (unpaired) electrons. The third-order valence-corrected chi connectivity index (χ3v) is 3.85. The molecule has 2 atom stereocenters. The number of rotatable bonds is 4. The van der Waals surface area contributed by atoms with Crippen molar-refractivity contribution in [2.24, 2.45) is 5.92 Å². The maximum Gasteiger partial charge on any atom is 0.271 e. The van der Waals surface area contributed by atoms with E-state index in [1.807, 2.05) is 0 Å². The van der Waals surface area contributed by atoms with Gasteiger partial charge in [-0.15, -0.1) is 0 Å². The van der Waals surface area contributed by atoms with Crippen molar-refractivity contribution in [3.8, 4) is 5.75 Å². The number of nitro groups is 1. The van der Waals surface area contributed by atoms with E-state index in [9.17, 15) is 10.1 Å². The van der Waals surface area contributed by atoms with Gasteiger partial charge in [-0.3, -0.25) is 10.1 Å². The van der Waals surface area contributed by atoms with Gasteiger partial charge in [0.2, 0.25) is 0 Å². The van der Waals surface area contributed by atoms with Crippen LogP contribution in [0.1, 0.15) is 32.6 Å². The summed E-state index contributed by atoms with van der Waals surface area (Å²) < 4.78 is 5.27. The number of anilines is 1. The van der Waals surface area contributed by atoms with Crippen LogP contribution in [0.15, 0.2) is 18.2 Å². The molecule has 1 fully saturated rings. The van der Waals surface area contributed by atoms with Crippen molar-refractivity contribution in [2.75, 3.05) is 12.4 Å². The number of nitrogens with one attached hydrogen (secondary N) is 1. The zero-order chi connectivity index (χ0) is 13.8. The van der Waals surface area contributed by atoms with Crippen LogP contribution < -0.4 is 10.1 Å². The van der Waals surface area contributed by atoms with Gasteiger partial charge < -0.3 is 10.1 Å². The topological polar surface area (TPSA) is 64.4 Å². The molecule has 104 valence electrons. The molecule has 0 amide bonds. The SMILES string of the molecule is COc1ccc([N+](=O)[O-])cc1N[C@@H]1CCCC[C@H]1C. The first kappa shape index (κ1) is 13.6. The number of ether oxygens (including phenoxy) is 1. The van der Waals surface area contributed by atoms with E-state index in [1.165, 1.54) is 25.3 Å². The van der Waals surface area contributed by atoms with Crippen molar-refractivity contribution >= 4 is 11.4 Å². The van der Waals surface area contributed by atoms with E-state index in [-0.39, 0.29) is 10.6 Å². The summed E-state index contributed by atoms with van der Waals surface area (Å²) in [4.78, 5) is 10.5. The summed E-state index contributed by atoms with van der Waals surface area (Å²) in [6.45, 7) is 2.22. The molecule has 0 aromatic heterocycles. The first-order valence-electron chi connectivity index (χ1n) is 6.71. The lowest BCUT2D eigenvalue weighted by molar-refractivity contribution is -0.384. The van der Waals surface area contributed by atoms with Crippen LogP contribution in [0.25, 0.3) is 0 Å². The number of non-ortho nitro benzene ring substituents is 1. The summed E-state index contributed by atoms with van der Waals surface area (Å²) in [6.07, 6.45) is 4.78. The number of hydrogen-bond donors (Lipinski definition) is 1. The lowest BCUT2D eigenvalue weighted by Crippen LogP contribution is -2.30. The quantitative estimate of drug-likeness (QED) is 0.666. The van der Waals surface area contributed by atoms with Crippen molar-refractivity contribution in [1.29, 1.82) is 0 Å². The van der Waals surface area contributed by atoms with E-state index >= 15 is 0 Å². The predicted octanol–water partition coefficient (Wildman–Crippen LogP) is 3.59. The van der Waals surface area contributed by atoms with Gasteiger partial charge in [0.25, 0.3) is 5.69 Å². The largest absolute Gasteiger partial charge is 0.495 e. The second-order valence-electron chi connectivity index (χ2n) is 5.15. The predicted molar refractivity (Wildman–Crippen MR) is 74.7 cm³/mol. The van der Waals surface area contributed by atoms with Gasteiger partial charge in [-0.05, 0) is 24.8 Å². The lowest BCUT2D eigenvalue weighted by atomic mass is 9.86. The Hall–Kier alpha value is -1.78. The summed E-state index contributed by atoms with van der Waals surface area (Å²) in [5, 5.41) is 14.3.